The van der Waals surface area contributed by atoms with Crippen molar-refractivity contribution in [1.82, 2.24) is 9.78 Å². The Labute approximate surface area is 91.5 Å². The third kappa shape index (κ3) is 1.56. The van der Waals surface area contributed by atoms with Crippen LogP contribution >= 0.6 is 0 Å². The molecule has 3 nitrogen and oxygen atoms in total. The van der Waals surface area contributed by atoms with Gasteiger partial charge in [-0.05, 0) is 37.1 Å². The lowest BCUT2D eigenvalue weighted by Crippen LogP contribution is -2.04. The first-order valence-electron chi connectivity index (χ1n) is 5.32. The zero-order valence-corrected chi connectivity index (χ0v) is 8.61. The molecule has 1 aromatic carbocycles. The Morgan fingerprint density at radius 3 is 2.56 bits per heavy atom. The molecule has 0 atom stereocenters. The van der Waals surface area contributed by atoms with Crippen LogP contribution in [0.5, 0.6) is 0 Å². The van der Waals surface area contributed by atoms with Gasteiger partial charge in [0.05, 0.1) is 5.69 Å². The van der Waals surface area contributed by atoms with Crippen molar-refractivity contribution in [3.05, 3.63) is 52.2 Å². The van der Waals surface area contributed by atoms with Crippen LogP contribution in [0.15, 0.2) is 35.1 Å². The topological polar surface area (TPSA) is 37.8 Å². The summed E-state index contributed by atoms with van der Waals surface area (Å²) in [4.78, 5) is 11.3. The summed E-state index contributed by atoms with van der Waals surface area (Å²) < 4.78 is 14.5. The van der Waals surface area contributed by atoms with Crippen molar-refractivity contribution in [2.45, 2.75) is 18.8 Å². The molecule has 0 spiro atoms. The van der Waals surface area contributed by atoms with E-state index in [9.17, 15) is 9.18 Å². The van der Waals surface area contributed by atoms with Crippen molar-refractivity contribution in [2.24, 2.45) is 0 Å². The second-order valence-electron chi connectivity index (χ2n) is 4.13. The highest BCUT2D eigenvalue weighted by molar-refractivity contribution is 5.34. The molecule has 82 valence electrons. The number of nitrogens with zero attached hydrogens (tertiary/aromatic N) is 1. The largest absolute Gasteiger partial charge is 0.268 e. The molecule has 1 heterocycles. The highest BCUT2D eigenvalue weighted by Gasteiger charge is 2.27. The van der Waals surface area contributed by atoms with Gasteiger partial charge in [-0.1, -0.05) is 0 Å². The Kier molecular flexibility index (Phi) is 1.96. The molecule has 0 unspecified atom stereocenters. The van der Waals surface area contributed by atoms with E-state index >= 15 is 0 Å². The van der Waals surface area contributed by atoms with Crippen molar-refractivity contribution >= 4 is 0 Å². The van der Waals surface area contributed by atoms with Crippen LogP contribution in [0.4, 0.5) is 4.39 Å². The molecule has 1 saturated carbocycles. The van der Waals surface area contributed by atoms with Gasteiger partial charge in [0, 0.05) is 17.7 Å². The average molecular weight is 218 g/mol. The van der Waals surface area contributed by atoms with Crippen LogP contribution in [0, 0.1) is 5.82 Å². The lowest BCUT2D eigenvalue weighted by molar-refractivity contribution is 0.626. The smallest absolute Gasteiger partial charge is 0.264 e. The zero-order valence-electron chi connectivity index (χ0n) is 8.61. The molecule has 1 aromatic heterocycles. The van der Waals surface area contributed by atoms with Crippen LogP contribution in [-0.4, -0.2) is 9.78 Å². The maximum Gasteiger partial charge on any atom is 0.264 e. The van der Waals surface area contributed by atoms with Crippen LogP contribution in [-0.2, 0) is 0 Å². The maximum atomic E-state index is 12.8. The van der Waals surface area contributed by atoms with E-state index in [1.807, 2.05) is 0 Å². The highest BCUT2D eigenvalue weighted by atomic mass is 19.1. The van der Waals surface area contributed by atoms with Crippen LogP contribution in [0.1, 0.15) is 24.5 Å². The van der Waals surface area contributed by atoms with E-state index in [0.29, 0.717) is 5.92 Å². The van der Waals surface area contributed by atoms with Crippen molar-refractivity contribution in [3.8, 4) is 5.69 Å². The number of aromatic amines is 1. The molecule has 0 saturated heterocycles. The van der Waals surface area contributed by atoms with E-state index in [-0.39, 0.29) is 11.4 Å². The van der Waals surface area contributed by atoms with E-state index in [0.717, 1.165) is 24.2 Å². The minimum atomic E-state index is -0.272. The number of hydrogen-bond acceptors (Lipinski definition) is 1. The first kappa shape index (κ1) is 9.39. The SMILES string of the molecule is O=c1cc(C2CC2)n(-c2ccc(F)cc2)[nH]1. The molecule has 2 aromatic rings. The Bertz CT molecular complexity index is 563. The molecule has 0 aliphatic heterocycles. The summed E-state index contributed by atoms with van der Waals surface area (Å²) in [6, 6.07) is 7.74. The fourth-order valence-corrected chi connectivity index (χ4v) is 1.89. The third-order valence-electron chi connectivity index (χ3n) is 2.84. The summed E-state index contributed by atoms with van der Waals surface area (Å²) in [5, 5.41) is 2.74. The summed E-state index contributed by atoms with van der Waals surface area (Å²) in [6.45, 7) is 0. The van der Waals surface area contributed by atoms with Gasteiger partial charge in [-0.2, -0.15) is 0 Å². The van der Waals surface area contributed by atoms with Crippen molar-refractivity contribution in [1.29, 1.82) is 0 Å². The lowest BCUT2D eigenvalue weighted by atomic mass is 10.2. The van der Waals surface area contributed by atoms with E-state index in [2.05, 4.69) is 5.10 Å². The van der Waals surface area contributed by atoms with E-state index in [4.69, 9.17) is 0 Å². The molecule has 0 bridgehead atoms. The number of aromatic nitrogens is 2. The molecule has 0 amide bonds. The van der Waals surface area contributed by atoms with Gasteiger partial charge in [0.1, 0.15) is 5.82 Å². The first-order valence-corrected chi connectivity index (χ1v) is 5.32. The number of hydrogen-bond donors (Lipinski definition) is 1. The van der Waals surface area contributed by atoms with Gasteiger partial charge in [0.2, 0.25) is 0 Å². The van der Waals surface area contributed by atoms with Gasteiger partial charge in [-0.25, -0.2) is 4.39 Å². The molecule has 3 rings (SSSR count). The minimum Gasteiger partial charge on any atom is -0.268 e. The molecule has 1 aliphatic carbocycles. The minimum absolute atomic E-state index is 0.105. The van der Waals surface area contributed by atoms with Crippen LogP contribution in [0.3, 0.4) is 0 Å². The summed E-state index contributed by atoms with van der Waals surface area (Å²) in [5.74, 6) is 0.204. The van der Waals surface area contributed by atoms with E-state index in [1.54, 1.807) is 22.9 Å². The number of halogens is 1. The van der Waals surface area contributed by atoms with Crippen molar-refractivity contribution < 1.29 is 4.39 Å². The first-order chi connectivity index (χ1) is 7.74. The number of H-pyrrole nitrogens is 1. The quantitative estimate of drug-likeness (QED) is 0.824. The van der Waals surface area contributed by atoms with Gasteiger partial charge < -0.3 is 0 Å². The third-order valence-corrected chi connectivity index (χ3v) is 2.84. The Hall–Kier alpha value is -1.84. The Balaban J connectivity index is 2.11. The Morgan fingerprint density at radius 1 is 1.25 bits per heavy atom. The zero-order chi connectivity index (χ0) is 11.1. The van der Waals surface area contributed by atoms with Crippen molar-refractivity contribution in [2.75, 3.05) is 0 Å². The molecule has 0 radical (unpaired) electrons. The predicted molar refractivity (Wildman–Crippen MR) is 58.3 cm³/mol. The number of nitrogens with one attached hydrogen (secondary N) is 1. The number of benzene rings is 1. The van der Waals surface area contributed by atoms with Gasteiger partial charge >= 0.3 is 0 Å². The number of rotatable bonds is 2. The monoisotopic (exact) mass is 218 g/mol. The second kappa shape index (κ2) is 3.33. The lowest BCUT2D eigenvalue weighted by Gasteiger charge is -2.06. The van der Waals surface area contributed by atoms with E-state index < -0.39 is 0 Å². The molecule has 4 heteroatoms. The van der Waals surface area contributed by atoms with Gasteiger partial charge in [-0.3, -0.25) is 14.6 Å². The van der Waals surface area contributed by atoms with Crippen LogP contribution in [0.25, 0.3) is 5.69 Å². The summed E-state index contributed by atoms with van der Waals surface area (Å²) in [7, 11) is 0. The van der Waals surface area contributed by atoms with Crippen LogP contribution in [0.2, 0.25) is 0 Å². The fraction of sp³-hybridized carbons (Fsp3) is 0.250. The van der Waals surface area contributed by atoms with Gasteiger partial charge in [0.15, 0.2) is 0 Å². The molecular formula is C12H11FN2O. The summed E-state index contributed by atoms with van der Waals surface area (Å²) in [5.41, 5.74) is 1.69. The molecule has 16 heavy (non-hydrogen) atoms. The second-order valence-corrected chi connectivity index (χ2v) is 4.13. The summed E-state index contributed by atoms with van der Waals surface area (Å²) >= 11 is 0. The van der Waals surface area contributed by atoms with Crippen molar-refractivity contribution in [3.63, 3.8) is 0 Å². The standard InChI is InChI=1S/C12H11FN2O/c13-9-3-5-10(6-4-9)15-11(8-1-2-8)7-12(16)14-15/h3-8H,1-2H2,(H,14,16). The normalized spacial score (nSPS) is 15.3. The summed E-state index contributed by atoms with van der Waals surface area (Å²) in [6.07, 6.45) is 2.25. The molecular weight excluding hydrogens is 207 g/mol. The highest BCUT2D eigenvalue weighted by Crippen LogP contribution is 2.39. The fourth-order valence-electron chi connectivity index (χ4n) is 1.89. The molecule has 1 fully saturated rings. The van der Waals surface area contributed by atoms with E-state index in [1.165, 1.54) is 12.1 Å². The molecule has 1 aliphatic rings. The maximum absolute atomic E-state index is 12.8. The van der Waals surface area contributed by atoms with Gasteiger partial charge in [-0.15, -0.1) is 0 Å². The predicted octanol–water partition coefficient (Wildman–Crippen LogP) is 2.18. The Morgan fingerprint density at radius 2 is 1.94 bits per heavy atom. The molecule has 1 N–H and O–H groups in total. The van der Waals surface area contributed by atoms with Crippen LogP contribution < -0.4 is 5.56 Å². The van der Waals surface area contributed by atoms with Gasteiger partial charge in [0.25, 0.3) is 5.56 Å². The average Bonchev–Trinajstić information content (AvgIpc) is 3.04.